The van der Waals surface area contributed by atoms with E-state index in [1.165, 1.54) is 0 Å². The molecular formula is C9H13BrN2O. The summed E-state index contributed by atoms with van der Waals surface area (Å²) in [7, 11) is 0. The maximum absolute atomic E-state index is 11.5. The van der Waals surface area contributed by atoms with E-state index >= 15 is 0 Å². The highest BCUT2D eigenvalue weighted by Crippen LogP contribution is 2.15. The smallest absolute Gasteiger partial charge is 0.241 e. The third-order valence-electron chi connectivity index (χ3n) is 1.60. The quantitative estimate of drug-likeness (QED) is 0.719. The molecule has 0 aromatic heterocycles. The molecule has 0 radical (unpaired) electrons. The number of allylic oxidation sites excluding steroid dienone is 2. The van der Waals surface area contributed by atoms with Crippen LogP contribution < -0.4 is 10.6 Å². The summed E-state index contributed by atoms with van der Waals surface area (Å²) < 4.78 is -0.531. The maximum atomic E-state index is 11.5. The van der Waals surface area contributed by atoms with Gasteiger partial charge in [0.15, 0.2) is 0 Å². The largest absolute Gasteiger partial charge is 0.368 e. The zero-order chi connectivity index (χ0) is 9.90. The molecule has 13 heavy (non-hydrogen) atoms. The first kappa shape index (κ1) is 10.3. The molecule has 2 N–H and O–H groups in total. The van der Waals surface area contributed by atoms with E-state index in [4.69, 9.17) is 0 Å². The van der Waals surface area contributed by atoms with Crippen molar-refractivity contribution in [1.82, 2.24) is 10.6 Å². The van der Waals surface area contributed by atoms with Gasteiger partial charge in [-0.1, -0.05) is 28.1 Å². The summed E-state index contributed by atoms with van der Waals surface area (Å²) in [6.07, 6.45) is 5.72. The Morgan fingerprint density at radius 2 is 2.38 bits per heavy atom. The molecule has 0 saturated heterocycles. The second-order valence-corrected chi connectivity index (χ2v) is 5.30. The summed E-state index contributed by atoms with van der Waals surface area (Å²) in [6.45, 7) is 4.37. The Labute approximate surface area is 86.4 Å². The predicted molar refractivity (Wildman–Crippen MR) is 56.4 cm³/mol. The van der Waals surface area contributed by atoms with Crippen molar-refractivity contribution in [1.29, 1.82) is 0 Å². The molecule has 72 valence electrons. The van der Waals surface area contributed by atoms with Crippen molar-refractivity contribution in [3.05, 3.63) is 24.0 Å². The number of halogens is 1. The Hall–Kier alpha value is -0.770. The average Bonchev–Trinajstić information content (AvgIpc) is 2.04. The van der Waals surface area contributed by atoms with E-state index in [9.17, 15) is 4.79 Å². The van der Waals surface area contributed by atoms with E-state index in [-0.39, 0.29) is 5.91 Å². The average molecular weight is 245 g/mol. The van der Waals surface area contributed by atoms with Crippen molar-refractivity contribution in [2.75, 3.05) is 6.54 Å². The summed E-state index contributed by atoms with van der Waals surface area (Å²) in [5, 5.41) is 5.82. The fraction of sp³-hybridized carbons (Fsp3) is 0.444. The Morgan fingerprint density at radius 1 is 1.69 bits per heavy atom. The van der Waals surface area contributed by atoms with Crippen LogP contribution >= 0.6 is 15.9 Å². The molecule has 3 nitrogen and oxygen atoms in total. The summed E-state index contributed by atoms with van der Waals surface area (Å²) in [5.74, 6) is 0.696. The van der Waals surface area contributed by atoms with Gasteiger partial charge in [-0.3, -0.25) is 4.79 Å². The zero-order valence-corrected chi connectivity index (χ0v) is 9.31. The highest BCUT2D eigenvalue weighted by Gasteiger charge is 2.23. The van der Waals surface area contributed by atoms with Gasteiger partial charge < -0.3 is 10.6 Å². The number of amides is 1. The number of dihydropyridines is 1. The molecule has 0 bridgehead atoms. The molecule has 4 heteroatoms. The minimum Gasteiger partial charge on any atom is -0.368 e. The van der Waals surface area contributed by atoms with Gasteiger partial charge in [-0.05, 0) is 19.9 Å². The summed E-state index contributed by atoms with van der Waals surface area (Å²) >= 11 is 3.29. The molecule has 0 aliphatic carbocycles. The lowest BCUT2D eigenvalue weighted by molar-refractivity contribution is -0.121. The molecule has 0 fully saturated rings. The molecule has 0 saturated carbocycles. The monoisotopic (exact) mass is 244 g/mol. The summed E-state index contributed by atoms with van der Waals surface area (Å²) in [6, 6.07) is 0. The SMILES string of the molecule is CC(C)(Br)C(=O)NC1=CC=CCN1. The second kappa shape index (κ2) is 3.96. The van der Waals surface area contributed by atoms with Gasteiger partial charge in [0.25, 0.3) is 0 Å². The van der Waals surface area contributed by atoms with Crippen LogP contribution in [0.4, 0.5) is 0 Å². The van der Waals surface area contributed by atoms with Gasteiger partial charge in [0.05, 0.1) is 4.32 Å². The minimum atomic E-state index is -0.531. The Kier molecular flexibility index (Phi) is 3.14. The zero-order valence-electron chi connectivity index (χ0n) is 7.73. The molecule has 1 aliphatic heterocycles. The molecule has 0 aromatic carbocycles. The Bertz CT molecular complexity index is 263. The van der Waals surface area contributed by atoms with Gasteiger partial charge in [0, 0.05) is 6.54 Å². The van der Waals surface area contributed by atoms with Crippen LogP contribution in [0.3, 0.4) is 0 Å². The number of carbonyl (C=O) groups is 1. The molecule has 0 aromatic rings. The Balaban J connectivity index is 2.54. The number of rotatable bonds is 2. The van der Waals surface area contributed by atoms with Gasteiger partial charge >= 0.3 is 0 Å². The van der Waals surface area contributed by atoms with Crippen LogP contribution in [-0.4, -0.2) is 16.8 Å². The normalized spacial score (nSPS) is 16.1. The maximum Gasteiger partial charge on any atom is 0.241 e. The third kappa shape index (κ3) is 3.22. The summed E-state index contributed by atoms with van der Waals surface area (Å²) in [5.41, 5.74) is 0. The number of hydrogen-bond acceptors (Lipinski definition) is 2. The van der Waals surface area contributed by atoms with Crippen LogP contribution in [0.15, 0.2) is 24.0 Å². The van der Waals surface area contributed by atoms with E-state index < -0.39 is 4.32 Å². The molecular weight excluding hydrogens is 232 g/mol. The summed E-state index contributed by atoms with van der Waals surface area (Å²) in [4.78, 5) is 11.5. The van der Waals surface area contributed by atoms with Crippen LogP contribution in [-0.2, 0) is 4.79 Å². The molecule has 1 amide bonds. The topological polar surface area (TPSA) is 41.1 Å². The first-order valence-electron chi connectivity index (χ1n) is 4.11. The van der Waals surface area contributed by atoms with Gasteiger partial charge in [-0.15, -0.1) is 0 Å². The van der Waals surface area contributed by atoms with Crippen molar-refractivity contribution < 1.29 is 4.79 Å². The highest BCUT2D eigenvalue weighted by molar-refractivity contribution is 9.10. The first-order valence-corrected chi connectivity index (χ1v) is 4.90. The van der Waals surface area contributed by atoms with Crippen molar-refractivity contribution in [3.8, 4) is 0 Å². The van der Waals surface area contributed by atoms with Crippen molar-refractivity contribution in [3.63, 3.8) is 0 Å². The molecule has 0 spiro atoms. The van der Waals surface area contributed by atoms with Crippen LogP contribution in [0.1, 0.15) is 13.8 Å². The van der Waals surface area contributed by atoms with Crippen molar-refractivity contribution >= 4 is 21.8 Å². The lowest BCUT2D eigenvalue weighted by atomic mass is 10.2. The fourth-order valence-corrected chi connectivity index (χ4v) is 0.916. The third-order valence-corrected chi connectivity index (χ3v) is 1.96. The molecule has 0 unspecified atom stereocenters. The number of alkyl halides is 1. The van der Waals surface area contributed by atoms with Gasteiger partial charge in [0.1, 0.15) is 5.82 Å². The fourth-order valence-electron chi connectivity index (χ4n) is 0.817. The number of hydrogen-bond donors (Lipinski definition) is 2. The first-order chi connectivity index (χ1) is 6.00. The van der Waals surface area contributed by atoms with E-state index in [1.54, 1.807) is 0 Å². The minimum absolute atomic E-state index is 0.0541. The molecule has 1 aliphatic rings. The second-order valence-electron chi connectivity index (χ2n) is 3.32. The van der Waals surface area contributed by atoms with Gasteiger partial charge in [-0.2, -0.15) is 0 Å². The van der Waals surface area contributed by atoms with Crippen molar-refractivity contribution in [2.45, 2.75) is 18.2 Å². The lowest BCUT2D eigenvalue weighted by Gasteiger charge is -2.19. The molecule has 0 atom stereocenters. The number of nitrogens with one attached hydrogen (secondary N) is 2. The number of carbonyl (C=O) groups excluding carboxylic acids is 1. The molecule has 1 rings (SSSR count). The standard InChI is InChI=1S/C9H13BrN2O/c1-9(2,10)8(13)12-7-5-3-4-6-11-7/h3-5,11H,6H2,1-2H3,(H,12,13). The van der Waals surface area contributed by atoms with Gasteiger partial charge in [-0.25, -0.2) is 0 Å². The van der Waals surface area contributed by atoms with E-state index in [0.717, 1.165) is 12.4 Å². The van der Waals surface area contributed by atoms with E-state index in [2.05, 4.69) is 26.6 Å². The van der Waals surface area contributed by atoms with Crippen LogP contribution in [0.2, 0.25) is 0 Å². The van der Waals surface area contributed by atoms with E-state index in [0.29, 0.717) is 0 Å². The van der Waals surface area contributed by atoms with Crippen LogP contribution in [0.5, 0.6) is 0 Å². The van der Waals surface area contributed by atoms with Gasteiger partial charge in [0.2, 0.25) is 5.91 Å². The predicted octanol–water partition coefficient (Wildman–Crippen LogP) is 1.28. The highest BCUT2D eigenvalue weighted by atomic mass is 79.9. The Morgan fingerprint density at radius 3 is 2.85 bits per heavy atom. The molecule has 1 heterocycles. The lowest BCUT2D eigenvalue weighted by Crippen LogP contribution is -2.41. The van der Waals surface area contributed by atoms with Crippen LogP contribution in [0.25, 0.3) is 0 Å². The van der Waals surface area contributed by atoms with Crippen LogP contribution in [0, 0.1) is 0 Å². The van der Waals surface area contributed by atoms with E-state index in [1.807, 2.05) is 32.1 Å². The van der Waals surface area contributed by atoms with Crippen molar-refractivity contribution in [2.24, 2.45) is 0 Å².